The highest BCUT2D eigenvalue weighted by Gasteiger charge is 2.35. The molecule has 1 fully saturated rings. The maximum absolute atomic E-state index is 13.6. The zero-order chi connectivity index (χ0) is 23.3. The zero-order valence-corrected chi connectivity index (χ0v) is 18.8. The standard InChI is InChI=1S/C26H29F3N4/c1-2-6-18-9-13-22(14-10-18)32-25-30-17-23(26(27,28)29)24(33-25)31-21-15-11-20(12-16-21)19-7-4-3-5-8-19/h9-17,19H,2-8H2,1H3,(H2,30,31,32,33). The van der Waals surface area contributed by atoms with Gasteiger partial charge in [0.2, 0.25) is 5.95 Å². The van der Waals surface area contributed by atoms with E-state index in [1.165, 1.54) is 43.2 Å². The lowest BCUT2D eigenvalue weighted by Crippen LogP contribution is -2.12. The lowest BCUT2D eigenvalue weighted by atomic mass is 9.84. The van der Waals surface area contributed by atoms with Crippen LogP contribution in [0.3, 0.4) is 0 Å². The van der Waals surface area contributed by atoms with E-state index in [2.05, 4.69) is 27.5 Å². The Morgan fingerprint density at radius 2 is 1.52 bits per heavy atom. The van der Waals surface area contributed by atoms with Gasteiger partial charge in [0.25, 0.3) is 0 Å². The molecule has 1 aliphatic carbocycles. The van der Waals surface area contributed by atoms with Crippen LogP contribution in [0.4, 0.5) is 36.3 Å². The smallest absolute Gasteiger partial charge is 0.340 e. The minimum atomic E-state index is -4.56. The third-order valence-corrected chi connectivity index (χ3v) is 6.09. The predicted octanol–water partition coefficient (Wildman–Crippen LogP) is 7.98. The number of anilines is 4. The quantitative estimate of drug-likeness (QED) is 0.380. The van der Waals surface area contributed by atoms with Crippen molar-refractivity contribution in [2.75, 3.05) is 10.6 Å². The summed E-state index contributed by atoms with van der Waals surface area (Å²) in [6.45, 7) is 2.11. The average molecular weight is 455 g/mol. The monoisotopic (exact) mass is 454 g/mol. The van der Waals surface area contributed by atoms with Crippen molar-refractivity contribution in [2.24, 2.45) is 0 Å². The molecule has 0 radical (unpaired) electrons. The van der Waals surface area contributed by atoms with E-state index in [1.54, 1.807) is 0 Å². The number of halogens is 3. The van der Waals surface area contributed by atoms with Gasteiger partial charge in [-0.25, -0.2) is 4.98 Å². The van der Waals surface area contributed by atoms with Crippen LogP contribution >= 0.6 is 0 Å². The molecule has 0 spiro atoms. The Balaban J connectivity index is 1.53. The predicted molar refractivity (Wildman–Crippen MR) is 126 cm³/mol. The molecule has 0 saturated heterocycles. The Hall–Kier alpha value is -3.09. The minimum Gasteiger partial charge on any atom is -0.340 e. The molecule has 1 aromatic heterocycles. The van der Waals surface area contributed by atoms with Crippen LogP contribution in [0.1, 0.15) is 68.1 Å². The number of nitrogens with zero attached hydrogens (tertiary/aromatic N) is 2. The molecule has 0 amide bonds. The van der Waals surface area contributed by atoms with Crippen molar-refractivity contribution in [1.29, 1.82) is 0 Å². The highest BCUT2D eigenvalue weighted by atomic mass is 19.4. The summed E-state index contributed by atoms with van der Waals surface area (Å²) < 4.78 is 40.8. The molecule has 0 bridgehead atoms. The first-order chi connectivity index (χ1) is 15.9. The third kappa shape index (κ3) is 6.03. The number of hydrogen-bond donors (Lipinski definition) is 2. The molecule has 174 valence electrons. The van der Waals surface area contributed by atoms with Gasteiger partial charge in [-0.15, -0.1) is 0 Å². The van der Waals surface area contributed by atoms with Crippen molar-refractivity contribution in [1.82, 2.24) is 9.97 Å². The van der Waals surface area contributed by atoms with Crippen LogP contribution in [-0.4, -0.2) is 9.97 Å². The van der Waals surface area contributed by atoms with E-state index in [4.69, 9.17) is 0 Å². The first kappa shape index (κ1) is 23.1. The normalized spacial score (nSPS) is 14.8. The fourth-order valence-corrected chi connectivity index (χ4v) is 4.33. The molecule has 0 unspecified atom stereocenters. The zero-order valence-electron chi connectivity index (χ0n) is 18.8. The summed E-state index contributed by atoms with van der Waals surface area (Å²) in [5.41, 5.74) is 2.83. The summed E-state index contributed by atoms with van der Waals surface area (Å²) >= 11 is 0. The van der Waals surface area contributed by atoms with Crippen molar-refractivity contribution in [2.45, 2.75) is 64.0 Å². The largest absolute Gasteiger partial charge is 0.421 e. The van der Waals surface area contributed by atoms with Crippen molar-refractivity contribution < 1.29 is 13.2 Å². The molecule has 1 aliphatic rings. The van der Waals surface area contributed by atoms with E-state index in [9.17, 15) is 13.2 Å². The van der Waals surface area contributed by atoms with E-state index >= 15 is 0 Å². The highest BCUT2D eigenvalue weighted by Crippen LogP contribution is 2.36. The summed E-state index contributed by atoms with van der Waals surface area (Å²) in [5.74, 6) is 0.373. The fraction of sp³-hybridized carbons (Fsp3) is 0.385. The molecular weight excluding hydrogens is 425 g/mol. The maximum atomic E-state index is 13.6. The van der Waals surface area contributed by atoms with Gasteiger partial charge in [-0.2, -0.15) is 18.2 Å². The van der Waals surface area contributed by atoms with Crippen LogP contribution in [0, 0.1) is 0 Å². The Morgan fingerprint density at radius 1 is 0.879 bits per heavy atom. The van der Waals surface area contributed by atoms with Gasteiger partial charge in [-0.05, 0) is 60.6 Å². The molecule has 0 aliphatic heterocycles. The molecule has 33 heavy (non-hydrogen) atoms. The Labute approximate surface area is 192 Å². The Kier molecular flexibility index (Phi) is 7.16. The van der Waals surface area contributed by atoms with Crippen LogP contribution in [-0.2, 0) is 12.6 Å². The molecule has 0 atom stereocenters. The van der Waals surface area contributed by atoms with E-state index in [-0.39, 0.29) is 11.8 Å². The SMILES string of the molecule is CCCc1ccc(Nc2ncc(C(F)(F)F)c(Nc3ccc(C4CCCCC4)cc3)n2)cc1. The van der Waals surface area contributed by atoms with Gasteiger partial charge in [0.1, 0.15) is 11.4 Å². The summed E-state index contributed by atoms with van der Waals surface area (Å²) in [5, 5.41) is 5.85. The van der Waals surface area contributed by atoms with Crippen molar-refractivity contribution in [3.63, 3.8) is 0 Å². The summed E-state index contributed by atoms with van der Waals surface area (Å²) in [6, 6.07) is 15.4. The second kappa shape index (κ2) is 10.2. The number of nitrogens with one attached hydrogen (secondary N) is 2. The minimum absolute atomic E-state index is 0.104. The number of alkyl halides is 3. The number of rotatable bonds is 7. The van der Waals surface area contributed by atoms with Crippen molar-refractivity contribution in [3.05, 3.63) is 71.4 Å². The summed E-state index contributed by atoms with van der Waals surface area (Å²) in [6.07, 6.45) is 4.37. The number of aryl methyl sites for hydroxylation is 1. The Bertz CT molecular complexity index is 1040. The van der Waals surface area contributed by atoms with Gasteiger partial charge < -0.3 is 10.6 Å². The average Bonchev–Trinajstić information content (AvgIpc) is 2.81. The Morgan fingerprint density at radius 3 is 2.15 bits per heavy atom. The summed E-state index contributed by atoms with van der Waals surface area (Å²) in [4.78, 5) is 8.04. The van der Waals surface area contributed by atoms with Gasteiger partial charge in [0.15, 0.2) is 0 Å². The third-order valence-electron chi connectivity index (χ3n) is 6.09. The van der Waals surface area contributed by atoms with Crippen LogP contribution < -0.4 is 10.6 Å². The number of benzene rings is 2. The molecule has 4 rings (SSSR count). The fourth-order valence-electron chi connectivity index (χ4n) is 4.33. The van der Waals surface area contributed by atoms with Gasteiger partial charge in [-0.1, -0.05) is 56.9 Å². The van der Waals surface area contributed by atoms with Crippen molar-refractivity contribution >= 4 is 23.1 Å². The molecule has 7 heteroatoms. The van der Waals surface area contributed by atoms with E-state index in [0.717, 1.165) is 24.7 Å². The topological polar surface area (TPSA) is 49.8 Å². The van der Waals surface area contributed by atoms with E-state index < -0.39 is 11.7 Å². The number of aromatic nitrogens is 2. The van der Waals surface area contributed by atoms with Gasteiger partial charge in [0, 0.05) is 17.6 Å². The van der Waals surface area contributed by atoms with Crippen LogP contribution in [0.2, 0.25) is 0 Å². The molecule has 1 saturated carbocycles. The van der Waals surface area contributed by atoms with Crippen LogP contribution in [0.15, 0.2) is 54.7 Å². The maximum Gasteiger partial charge on any atom is 0.421 e. The lowest BCUT2D eigenvalue weighted by molar-refractivity contribution is -0.137. The van der Waals surface area contributed by atoms with Crippen LogP contribution in [0.5, 0.6) is 0 Å². The molecular formula is C26H29F3N4. The molecule has 4 nitrogen and oxygen atoms in total. The molecule has 1 heterocycles. The molecule has 2 N–H and O–H groups in total. The van der Waals surface area contributed by atoms with Gasteiger partial charge in [-0.3, -0.25) is 0 Å². The first-order valence-electron chi connectivity index (χ1n) is 11.6. The molecule has 3 aromatic rings. The molecule has 2 aromatic carbocycles. The second-order valence-corrected chi connectivity index (χ2v) is 8.61. The van der Waals surface area contributed by atoms with Crippen LogP contribution in [0.25, 0.3) is 0 Å². The van der Waals surface area contributed by atoms with E-state index in [0.29, 0.717) is 11.6 Å². The lowest BCUT2D eigenvalue weighted by Gasteiger charge is -2.22. The van der Waals surface area contributed by atoms with Crippen molar-refractivity contribution in [3.8, 4) is 0 Å². The highest BCUT2D eigenvalue weighted by molar-refractivity contribution is 5.63. The van der Waals surface area contributed by atoms with Gasteiger partial charge in [0.05, 0.1) is 0 Å². The second-order valence-electron chi connectivity index (χ2n) is 8.61. The number of hydrogen-bond acceptors (Lipinski definition) is 4. The van der Waals surface area contributed by atoms with Gasteiger partial charge >= 0.3 is 6.18 Å². The summed E-state index contributed by atoms with van der Waals surface area (Å²) in [7, 11) is 0. The first-order valence-corrected chi connectivity index (χ1v) is 11.6. The van der Waals surface area contributed by atoms with E-state index in [1.807, 2.05) is 48.5 Å².